The van der Waals surface area contributed by atoms with Gasteiger partial charge in [-0.3, -0.25) is 9.20 Å². The number of aryl methyl sites for hydroxylation is 1. The Hall–Kier alpha value is -2.65. The van der Waals surface area contributed by atoms with Crippen LogP contribution in [-0.2, 0) is 0 Å². The summed E-state index contributed by atoms with van der Waals surface area (Å²) in [5.41, 5.74) is 1.45. The minimum Gasteiger partial charge on any atom is -0.321 e. The number of carbonyl (C=O) groups excluding carboxylic acids is 1. The molecule has 0 saturated heterocycles. The van der Waals surface area contributed by atoms with Gasteiger partial charge in [-0.2, -0.15) is 5.26 Å². The van der Waals surface area contributed by atoms with Crippen LogP contribution < -0.4 is 5.32 Å². The van der Waals surface area contributed by atoms with E-state index in [0.717, 1.165) is 9.84 Å². The van der Waals surface area contributed by atoms with Crippen LogP contribution in [0, 0.1) is 18.3 Å². The molecule has 2 aromatic heterocycles. The first-order valence-corrected chi connectivity index (χ1v) is 6.74. The molecule has 0 saturated carbocycles. The van der Waals surface area contributed by atoms with Crippen LogP contribution in [0.25, 0.3) is 4.96 Å². The van der Waals surface area contributed by atoms with Crippen LogP contribution in [-0.4, -0.2) is 15.3 Å². The fraction of sp³-hybridized carbons (Fsp3) is 0.0714. The van der Waals surface area contributed by atoms with E-state index in [4.69, 9.17) is 5.26 Å². The third kappa shape index (κ3) is 2.27. The highest BCUT2D eigenvalue weighted by atomic mass is 32.1. The van der Waals surface area contributed by atoms with Crippen LogP contribution in [0.2, 0.25) is 0 Å². The van der Waals surface area contributed by atoms with E-state index in [1.165, 1.54) is 11.3 Å². The molecule has 0 fully saturated rings. The zero-order chi connectivity index (χ0) is 14.1. The molecule has 5 nitrogen and oxygen atoms in total. The van der Waals surface area contributed by atoms with Crippen molar-refractivity contribution in [2.24, 2.45) is 0 Å². The van der Waals surface area contributed by atoms with Gasteiger partial charge in [0.15, 0.2) is 4.96 Å². The van der Waals surface area contributed by atoms with E-state index in [0.29, 0.717) is 16.9 Å². The highest BCUT2D eigenvalue weighted by Gasteiger charge is 2.12. The third-order valence-corrected chi connectivity index (χ3v) is 3.67. The lowest BCUT2D eigenvalue weighted by molar-refractivity contribution is 0.102. The molecule has 1 N–H and O–H groups in total. The van der Waals surface area contributed by atoms with Crippen LogP contribution in [0.3, 0.4) is 0 Å². The van der Waals surface area contributed by atoms with E-state index >= 15 is 0 Å². The molecule has 0 radical (unpaired) electrons. The second-order valence-corrected chi connectivity index (χ2v) is 5.52. The summed E-state index contributed by atoms with van der Waals surface area (Å²) in [5.74, 6) is -0.284. The average molecular weight is 282 g/mol. The number of imidazole rings is 1. The quantitative estimate of drug-likeness (QED) is 0.785. The van der Waals surface area contributed by atoms with E-state index < -0.39 is 0 Å². The molecule has 6 heteroatoms. The molecular weight excluding hydrogens is 272 g/mol. The number of anilines is 1. The maximum Gasteiger partial charge on any atom is 0.275 e. The maximum atomic E-state index is 12.1. The second-order valence-electron chi connectivity index (χ2n) is 4.30. The first-order valence-electron chi connectivity index (χ1n) is 5.92. The van der Waals surface area contributed by atoms with E-state index in [1.54, 1.807) is 30.5 Å². The molecule has 1 amide bonds. The second kappa shape index (κ2) is 4.79. The summed E-state index contributed by atoms with van der Waals surface area (Å²) in [6.45, 7) is 1.99. The van der Waals surface area contributed by atoms with Crippen LogP contribution in [0.4, 0.5) is 5.69 Å². The number of nitrogens with one attached hydrogen (secondary N) is 1. The van der Waals surface area contributed by atoms with Gasteiger partial charge in [0.1, 0.15) is 5.69 Å². The van der Waals surface area contributed by atoms with Crippen molar-refractivity contribution in [1.29, 1.82) is 5.26 Å². The Kier molecular flexibility index (Phi) is 2.97. The maximum absolute atomic E-state index is 12.1. The third-order valence-electron chi connectivity index (χ3n) is 2.75. The van der Waals surface area contributed by atoms with Gasteiger partial charge in [-0.15, -0.1) is 11.3 Å². The molecule has 0 spiro atoms. The number of benzene rings is 1. The number of fused-ring (bicyclic) bond motifs is 1. The Bertz CT molecular complexity index is 809. The van der Waals surface area contributed by atoms with Crippen molar-refractivity contribution in [3.05, 3.63) is 52.8 Å². The summed E-state index contributed by atoms with van der Waals surface area (Å²) >= 11 is 1.53. The standard InChI is InChI=1S/C14H10N4OS/c1-9-7-18-8-12(17-14(18)20-9)13(19)16-11-4-2-3-10(5-11)6-15/h2-5,7-8H,1H3,(H,16,19). The lowest BCUT2D eigenvalue weighted by Gasteiger charge is -2.02. The topological polar surface area (TPSA) is 70.2 Å². The highest BCUT2D eigenvalue weighted by molar-refractivity contribution is 7.17. The van der Waals surface area contributed by atoms with Gasteiger partial charge in [0.25, 0.3) is 5.91 Å². The molecule has 3 aromatic rings. The Morgan fingerprint density at radius 2 is 2.30 bits per heavy atom. The summed E-state index contributed by atoms with van der Waals surface area (Å²) in [6.07, 6.45) is 3.63. The molecule has 0 unspecified atom stereocenters. The van der Waals surface area contributed by atoms with Gasteiger partial charge < -0.3 is 5.32 Å². The van der Waals surface area contributed by atoms with Crippen molar-refractivity contribution < 1.29 is 4.79 Å². The monoisotopic (exact) mass is 282 g/mol. The summed E-state index contributed by atoms with van der Waals surface area (Å²) < 4.78 is 1.83. The number of hydrogen-bond acceptors (Lipinski definition) is 4. The summed E-state index contributed by atoms with van der Waals surface area (Å²) in [5, 5.41) is 11.6. The zero-order valence-corrected chi connectivity index (χ0v) is 11.4. The predicted molar refractivity (Wildman–Crippen MR) is 76.9 cm³/mol. The lowest BCUT2D eigenvalue weighted by Crippen LogP contribution is -2.12. The predicted octanol–water partition coefficient (Wildman–Crippen LogP) is 2.83. The fourth-order valence-corrected chi connectivity index (χ4v) is 2.69. The van der Waals surface area contributed by atoms with Gasteiger partial charge in [-0.1, -0.05) is 6.07 Å². The minimum atomic E-state index is -0.284. The number of rotatable bonds is 2. The van der Waals surface area contributed by atoms with Crippen molar-refractivity contribution in [1.82, 2.24) is 9.38 Å². The molecule has 3 rings (SSSR count). The number of nitriles is 1. The van der Waals surface area contributed by atoms with Crippen molar-refractivity contribution in [2.75, 3.05) is 5.32 Å². The smallest absolute Gasteiger partial charge is 0.275 e. The van der Waals surface area contributed by atoms with Crippen LogP contribution >= 0.6 is 11.3 Å². The first-order chi connectivity index (χ1) is 9.65. The number of thiazole rings is 1. The molecule has 0 aliphatic heterocycles. The SMILES string of the molecule is Cc1cn2cc(C(=O)Nc3cccc(C#N)c3)nc2s1. The van der Waals surface area contributed by atoms with Crippen molar-refractivity contribution in [2.45, 2.75) is 6.92 Å². The molecule has 2 heterocycles. The number of carbonyl (C=O) groups is 1. The van der Waals surface area contributed by atoms with Crippen molar-refractivity contribution >= 4 is 27.9 Å². The molecule has 0 atom stereocenters. The number of hydrogen-bond donors (Lipinski definition) is 1. The molecule has 0 bridgehead atoms. The first kappa shape index (κ1) is 12.4. The number of aromatic nitrogens is 2. The van der Waals surface area contributed by atoms with Gasteiger partial charge in [0, 0.05) is 23.0 Å². The normalized spacial score (nSPS) is 10.4. The Balaban J connectivity index is 1.84. The van der Waals surface area contributed by atoms with Gasteiger partial charge in [0.2, 0.25) is 0 Å². The number of nitrogens with zero attached hydrogens (tertiary/aromatic N) is 3. The van der Waals surface area contributed by atoms with Crippen LogP contribution in [0.1, 0.15) is 20.9 Å². The van der Waals surface area contributed by atoms with E-state index in [9.17, 15) is 4.79 Å². The molecule has 0 aliphatic rings. The van der Waals surface area contributed by atoms with Gasteiger partial charge >= 0.3 is 0 Å². The molecule has 1 aromatic carbocycles. The van der Waals surface area contributed by atoms with E-state index in [1.807, 2.05) is 23.6 Å². The molecule has 0 aliphatic carbocycles. The van der Waals surface area contributed by atoms with Crippen LogP contribution in [0.15, 0.2) is 36.7 Å². The fourth-order valence-electron chi connectivity index (χ4n) is 1.88. The Morgan fingerprint density at radius 3 is 3.05 bits per heavy atom. The molecule has 20 heavy (non-hydrogen) atoms. The molecular formula is C14H10N4OS. The van der Waals surface area contributed by atoms with Crippen LogP contribution in [0.5, 0.6) is 0 Å². The summed E-state index contributed by atoms with van der Waals surface area (Å²) in [6, 6.07) is 8.81. The van der Waals surface area contributed by atoms with Crippen molar-refractivity contribution in [3.8, 4) is 6.07 Å². The zero-order valence-electron chi connectivity index (χ0n) is 10.6. The Labute approximate surface area is 119 Å². The molecule has 98 valence electrons. The van der Waals surface area contributed by atoms with E-state index in [2.05, 4.69) is 10.3 Å². The van der Waals surface area contributed by atoms with Crippen molar-refractivity contribution in [3.63, 3.8) is 0 Å². The van der Waals surface area contributed by atoms with Gasteiger partial charge in [-0.05, 0) is 25.1 Å². The lowest BCUT2D eigenvalue weighted by atomic mass is 10.2. The van der Waals surface area contributed by atoms with Gasteiger partial charge in [-0.25, -0.2) is 4.98 Å². The minimum absolute atomic E-state index is 0.284. The van der Waals surface area contributed by atoms with Gasteiger partial charge in [0.05, 0.1) is 11.6 Å². The highest BCUT2D eigenvalue weighted by Crippen LogP contribution is 2.17. The summed E-state index contributed by atoms with van der Waals surface area (Å²) in [7, 11) is 0. The van der Waals surface area contributed by atoms with E-state index in [-0.39, 0.29) is 5.91 Å². The average Bonchev–Trinajstić information content (AvgIpc) is 2.96. The largest absolute Gasteiger partial charge is 0.321 e. The summed E-state index contributed by atoms with van der Waals surface area (Å²) in [4.78, 5) is 18.3. The Morgan fingerprint density at radius 1 is 1.45 bits per heavy atom. The number of amides is 1.